The highest BCUT2D eigenvalue weighted by Crippen LogP contribution is 2.17. The van der Waals surface area contributed by atoms with Crippen molar-refractivity contribution < 1.29 is 8.42 Å². The molecule has 1 N–H and O–H groups in total. The SMILES string of the molecule is Cc1nc(S(=O)(=O)NCC(C)(C)CCl)cn1C. The molecule has 98 valence electrons. The molecule has 0 saturated heterocycles. The first-order valence-corrected chi connectivity index (χ1v) is 7.25. The van der Waals surface area contributed by atoms with Crippen molar-refractivity contribution in [2.45, 2.75) is 25.8 Å². The largest absolute Gasteiger partial charge is 0.337 e. The maximum absolute atomic E-state index is 11.9. The zero-order valence-electron chi connectivity index (χ0n) is 10.5. The monoisotopic (exact) mass is 279 g/mol. The summed E-state index contributed by atoms with van der Waals surface area (Å²) in [6, 6.07) is 0. The first kappa shape index (κ1) is 14.5. The minimum atomic E-state index is -3.55. The van der Waals surface area contributed by atoms with Gasteiger partial charge in [0.25, 0.3) is 10.0 Å². The van der Waals surface area contributed by atoms with Crippen molar-refractivity contribution in [3.05, 3.63) is 12.0 Å². The highest BCUT2D eigenvalue weighted by Gasteiger charge is 2.23. The van der Waals surface area contributed by atoms with Crippen LogP contribution < -0.4 is 4.72 Å². The van der Waals surface area contributed by atoms with Crippen LogP contribution in [0.15, 0.2) is 11.2 Å². The quantitative estimate of drug-likeness (QED) is 0.826. The topological polar surface area (TPSA) is 64.0 Å². The molecule has 7 heteroatoms. The van der Waals surface area contributed by atoms with Crippen LogP contribution in [0.3, 0.4) is 0 Å². The molecule has 0 radical (unpaired) electrons. The third-order valence-corrected chi connectivity index (χ3v) is 4.46. The molecule has 1 heterocycles. The van der Waals surface area contributed by atoms with Crippen LogP contribution >= 0.6 is 11.6 Å². The van der Waals surface area contributed by atoms with E-state index in [4.69, 9.17) is 11.6 Å². The van der Waals surface area contributed by atoms with E-state index >= 15 is 0 Å². The van der Waals surface area contributed by atoms with Gasteiger partial charge < -0.3 is 4.57 Å². The van der Waals surface area contributed by atoms with Gasteiger partial charge in [0.1, 0.15) is 5.82 Å². The van der Waals surface area contributed by atoms with E-state index in [1.165, 1.54) is 6.20 Å². The van der Waals surface area contributed by atoms with Gasteiger partial charge in [-0.1, -0.05) is 13.8 Å². The highest BCUT2D eigenvalue weighted by atomic mass is 35.5. The van der Waals surface area contributed by atoms with Gasteiger partial charge in [-0.3, -0.25) is 0 Å². The fourth-order valence-corrected chi connectivity index (χ4v) is 2.44. The smallest absolute Gasteiger partial charge is 0.259 e. The summed E-state index contributed by atoms with van der Waals surface area (Å²) in [7, 11) is -1.79. The lowest BCUT2D eigenvalue weighted by Crippen LogP contribution is -2.35. The Balaban J connectivity index is 2.83. The molecule has 0 unspecified atom stereocenters. The Morgan fingerprint density at radius 1 is 1.53 bits per heavy atom. The Kier molecular flexibility index (Phi) is 4.22. The predicted molar refractivity (Wildman–Crippen MR) is 67.6 cm³/mol. The molecule has 1 rings (SSSR count). The molecular weight excluding hydrogens is 262 g/mol. The van der Waals surface area contributed by atoms with Crippen LogP contribution in [-0.4, -0.2) is 30.4 Å². The maximum Gasteiger partial charge on any atom is 0.259 e. The molecule has 0 fully saturated rings. The van der Waals surface area contributed by atoms with Crippen LogP contribution in [0.5, 0.6) is 0 Å². The van der Waals surface area contributed by atoms with Gasteiger partial charge in [0.15, 0.2) is 5.03 Å². The number of imidazole rings is 1. The number of aromatic nitrogens is 2. The first-order chi connectivity index (χ1) is 7.68. The van der Waals surface area contributed by atoms with E-state index in [9.17, 15) is 8.42 Å². The first-order valence-electron chi connectivity index (χ1n) is 5.23. The molecule has 0 aliphatic heterocycles. The van der Waals surface area contributed by atoms with E-state index in [-0.39, 0.29) is 17.0 Å². The second-order valence-corrected chi connectivity index (χ2v) is 6.84. The van der Waals surface area contributed by atoms with Crippen molar-refractivity contribution in [2.75, 3.05) is 12.4 Å². The average molecular weight is 280 g/mol. The van der Waals surface area contributed by atoms with Crippen LogP contribution in [0.1, 0.15) is 19.7 Å². The second kappa shape index (κ2) is 4.96. The Morgan fingerprint density at radius 2 is 2.12 bits per heavy atom. The lowest BCUT2D eigenvalue weighted by molar-refractivity contribution is 0.413. The van der Waals surface area contributed by atoms with Gasteiger partial charge in [0, 0.05) is 25.7 Å². The molecule has 0 atom stereocenters. The number of nitrogens with one attached hydrogen (secondary N) is 1. The normalized spacial score (nSPS) is 13.0. The van der Waals surface area contributed by atoms with Crippen LogP contribution in [0.2, 0.25) is 0 Å². The molecule has 0 saturated carbocycles. The van der Waals surface area contributed by atoms with Crippen LogP contribution in [0.4, 0.5) is 0 Å². The Hall–Kier alpha value is -0.590. The summed E-state index contributed by atoms with van der Waals surface area (Å²) in [6.45, 7) is 5.83. The summed E-state index contributed by atoms with van der Waals surface area (Å²) < 4.78 is 28.0. The van der Waals surface area contributed by atoms with Crippen molar-refractivity contribution in [3.63, 3.8) is 0 Å². The predicted octanol–water partition coefficient (Wildman–Crippen LogP) is 1.27. The van der Waals surface area contributed by atoms with Crippen LogP contribution in [0, 0.1) is 12.3 Å². The molecule has 0 aromatic carbocycles. The van der Waals surface area contributed by atoms with E-state index in [0.717, 1.165) is 0 Å². The van der Waals surface area contributed by atoms with Crippen molar-refractivity contribution in [1.29, 1.82) is 0 Å². The zero-order chi connectivity index (χ0) is 13.3. The maximum atomic E-state index is 11.9. The molecule has 0 aliphatic rings. The minimum Gasteiger partial charge on any atom is -0.337 e. The molecule has 1 aromatic heterocycles. The lowest BCUT2D eigenvalue weighted by atomic mass is 9.97. The number of hydrogen-bond acceptors (Lipinski definition) is 3. The van der Waals surface area contributed by atoms with Gasteiger partial charge in [0.2, 0.25) is 0 Å². The molecular formula is C10H18ClN3O2S. The third-order valence-electron chi connectivity index (χ3n) is 2.46. The number of aryl methyl sites for hydroxylation is 2. The van der Waals surface area contributed by atoms with E-state index in [2.05, 4.69) is 9.71 Å². The lowest BCUT2D eigenvalue weighted by Gasteiger charge is -2.21. The minimum absolute atomic E-state index is 0.0443. The van der Waals surface area contributed by atoms with Crippen molar-refractivity contribution in [1.82, 2.24) is 14.3 Å². The third kappa shape index (κ3) is 3.69. The molecule has 1 aromatic rings. The Bertz CT molecular complexity index is 474. The summed E-state index contributed by atoms with van der Waals surface area (Å²) in [5, 5.41) is 0.0443. The van der Waals surface area contributed by atoms with Gasteiger partial charge in [-0.15, -0.1) is 11.6 Å². The summed E-state index contributed by atoms with van der Waals surface area (Å²) >= 11 is 5.74. The van der Waals surface area contributed by atoms with Gasteiger partial charge in [0.05, 0.1) is 0 Å². The van der Waals surface area contributed by atoms with Gasteiger partial charge in [-0.05, 0) is 12.3 Å². The van der Waals surface area contributed by atoms with Crippen LogP contribution in [0.25, 0.3) is 0 Å². The fraction of sp³-hybridized carbons (Fsp3) is 0.700. The van der Waals surface area contributed by atoms with E-state index < -0.39 is 10.0 Å². The molecule has 0 spiro atoms. The molecule has 17 heavy (non-hydrogen) atoms. The molecule has 0 amide bonds. The average Bonchev–Trinajstić information content (AvgIpc) is 2.58. The zero-order valence-corrected chi connectivity index (χ0v) is 12.1. The van der Waals surface area contributed by atoms with E-state index in [1.54, 1.807) is 18.5 Å². The van der Waals surface area contributed by atoms with Crippen molar-refractivity contribution in [3.8, 4) is 0 Å². The van der Waals surface area contributed by atoms with E-state index in [0.29, 0.717) is 11.7 Å². The molecule has 0 bridgehead atoms. The van der Waals surface area contributed by atoms with E-state index in [1.807, 2.05) is 13.8 Å². The second-order valence-electron chi connectivity index (χ2n) is 4.86. The van der Waals surface area contributed by atoms with Crippen LogP contribution in [-0.2, 0) is 17.1 Å². The summed E-state index contributed by atoms with van der Waals surface area (Å²) in [5.41, 5.74) is -0.279. The summed E-state index contributed by atoms with van der Waals surface area (Å²) in [6.07, 6.45) is 1.49. The number of hydrogen-bond donors (Lipinski definition) is 1. The fourth-order valence-electron chi connectivity index (χ4n) is 1.07. The number of sulfonamides is 1. The standard InChI is InChI=1S/C10H18ClN3O2S/c1-8-13-9(5-14(8)4)17(15,16)12-7-10(2,3)6-11/h5,12H,6-7H2,1-4H3. The van der Waals surface area contributed by atoms with Gasteiger partial charge >= 0.3 is 0 Å². The molecule has 0 aliphatic carbocycles. The summed E-state index contributed by atoms with van der Waals surface area (Å²) in [4.78, 5) is 3.99. The number of alkyl halides is 1. The number of rotatable bonds is 5. The number of nitrogens with zero attached hydrogens (tertiary/aromatic N) is 2. The van der Waals surface area contributed by atoms with Crippen molar-refractivity contribution in [2.24, 2.45) is 12.5 Å². The Labute approximate surface area is 107 Å². The number of halogens is 1. The summed E-state index contributed by atoms with van der Waals surface area (Å²) in [5.74, 6) is 1.04. The molecule has 5 nitrogen and oxygen atoms in total. The highest BCUT2D eigenvalue weighted by molar-refractivity contribution is 7.89. The Morgan fingerprint density at radius 3 is 2.53 bits per heavy atom. The van der Waals surface area contributed by atoms with Gasteiger partial charge in [-0.25, -0.2) is 18.1 Å². The van der Waals surface area contributed by atoms with Crippen molar-refractivity contribution >= 4 is 21.6 Å². The van der Waals surface area contributed by atoms with Gasteiger partial charge in [-0.2, -0.15) is 0 Å².